The standard InChI is InChI=1S/C27H28N4O6/c1-27(2,3)37-26(34)31-21-8-6-5-7-18(21)19-15-20(25(33)28-14-13-22(32)30-35)29-23(24(19)31)16-9-11-17(36-4)12-10-16/h5-12,15,35H,13-14H2,1-4H3,(H,28,33)(H,30,32). The zero-order valence-electron chi connectivity index (χ0n) is 21.0. The summed E-state index contributed by atoms with van der Waals surface area (Å²) in [5.74, 6) is -0.483. The molecular weight excluding hydrogens is 476 g/mol. The van der Waals surface area contributed by atoms with Gasteiger partial charge in [0.1, 0.15) is 17.0 Å². The van der Waals surface area contributed by atoms with E-state index in [9.17, 15) is 14.4 Å². The predicted octanol–water partition coefficient (Wildman–Crippen LogP) is 4.27. The highest BCUT2D eigenvalue weighted by Gasteiger charge is 2.26. The highest BCUT2D eigenvalue weighted by Crippen LogP contribution is 2.36. The van der Waals surface area contributed by atoms with Crippen molar-refractivity contribution in [3.63, 3.8) is 0 Å². The van der Waals surface area contributed by atoms with Crippen LogP contribution in [0, 0.1) is 0 Å². The first kappa shape index (κ1) is 25.6. The summed E-state index contributed by atoms with van der Waals surface area (Å²) in [5.41, 5.74) is 3.07. The Labute approximate surface area is 213 Å². The Morgan fingerprint density at radius 1 is 1.03 bits per heavy atom. The fraction of sp³-hybridized carbons (Fsp3) is 0.259. The predicted molar refractivity (Wildman–Crippen MR) is 138 cm³/mol. The molecule has 192 valence electrons. The number of benzene rings is 2. The number of hydroxylamine groups is 1. The Morgan fingerprint density at radius 2 is 1.73 bits per heavy atom. The lowest BCUT2D eigenvalue weighted by atomic mass is 10.1. The van der Waals surface area contributed by atoms with Crippen molar-refractivity contribution in [2.24, 2.45) is 0 Å². The molecule has 0 aliphatic rings. The topological polar surface area (TPSA) is 132 Å². The second kappa shape index (κ2) is 10.3. The molecule has 37 heavy (non-hydrogen) atoms. The number of pyridine rings is 1. The van der Waals surface area contributed by atoms with Crippen molar-refractivity contribution < 1.29 is 29.1 Å². The van der Waals surface area contributed by atoms with Crippen molar-refractivity contribution >= 4 is 39.7 Å². The van der Waals surface area contributed by atoms with Gasteiger partial charge in [-0.05, 0) is 57.2 Å². The number of carbonyl (C=O) groups excluding carboxylic acids is 3. The highest BCUT2D eigenvalue weighted by molar-refractivity contribution is 6.17. The number of hydrogen-bond acceptors (Lipinski definition) is 7. The second-order valence-electron chi connectivity index (χ2n) is 9.35. The number of ether oxygens (including phenoxy) is 2. The fourth-order valence-electron chi connectivity index (χ4n) is 3.99. The first-order valence-corrected chi connectivity index (χ1v) is 11.7. The molecule has 0 aliphatic heterocycles. The van der Waals surface area contributed by atoms with Gasteiger partial charge in [-0.25, -0.2) is 19.8 Å². The van der Waals surface area contributed by atoms with Crippen molar-refractivity contribution in [3.8, 4) is 17.0 Å². The largest absolute Gasteiger partial charge is 0.497 e. The number of para-hydroxylation sites is 1. The van der Waals surface area contributed by atoms with Gasteiger partial charge >= 0.3 is 6.09 Å². The number of carbonyl (C=O) groups is 3. The SMILES string of the molecule is COc1ccc(-c2nc(C(=O)NCCC(=O)NO)cc3c4ccccc4n(C(=O)OC(C)(C)C)c23)cc1. The van der Waals surface area contributed by atoms with Crippen molar-refractivity contribution in [1.29, 1.82) is 0 Å². The lowest BCUT2D eigenvalue weighted by Gasteiger charge is -2.20. The van der Waals surface area contributed by atoms with Crippen LogP contribution in [0.5, 0.6) is 5.75 Å². The molecule has 4 aromatic rings. The molecule has 0 saturated carbocycles. The van der Waals surface area contributed by atoms with Crippen LogP contribution < -0.4 is 15.5 Å². The molecule has 0 radical (unpaired) electrons. The molecule has 2 aromatic carbocycles. The van der Waals surface area contributed by atoms with Crippen molar-refractivity contribution in [2.75, 3.05) is 13.7 Å². The number of amides is 2. The highest BCUT2D eigenvalue weighted by atomic mass is 16.6. The number of hydrogen-bond donors (Lipinski definition) is 3. The van der Waals surface area contributed by atoms with E-state index in [2.05, 4.69) is 10.3 Å². The Morgan fingerprint density at radius 3 is 2.38 bits per heavy atom. The summed E-state index contributed by atoms with van der Waals surface area (Å²) in [4.78, 5) is 42.4. The summed E-state index contributed by atoms with van der Waals surface area (Å²) in [6.07, 6.45) is -0.671. The normalized spacial score (nSPS) is 11.4. The number of rotatable bonds is 6. The number of aromatic nitrogens is 2. The molecule has 0 atom stereocenters. The fourth-order valence-corrected chi connectivity index (χ4v) is 3.99. The van der Waals surface area contributed by atoms with Gasteiger partial charge in [-0.1, -0.05) is 18.2 Å². The third kappa shape index (κ3) is 5.39. The van der Waals surface area contributed by atoms with Crippen LogP contribution in [0.1, 0.15) is 37.7 Å². The molecule has 2 heterocycles. The third-order valence-corrected chi connectivity index (χ3v) is 5.59. The molecular formula is C27H28N4O6. The van der Waals surface area contributed by atoms with Crippen LogP contribution in [0.25, 0.3) is 33.1 Å². The first-order chi connectivity index (χ1) is 17.6. The molecule has 10 heteroatoms. The van der Waals surface area contributed by atoms with Crippen LogP contribution in [0.2, 0.25) is 0 Å². The second-order valence-corrected chi connectivity index (χ2v) is 9.35. The summed E-state index contributed by atoms with van der Waals surface area (Å²) in [5, 5.41) is 12.7. The van der Waals surface area contributed by atoms with E-state index in [1.54, 1.807) is 58.2 Å². The number of fused-ring (bicyclic) bond motifs is 3. The van der Waals surface area contributed by atoms with Crippen LogP contribution in [-0.2, 0) is 9.53 Å². The monoisotopic (exact) mass is 504 g/mol. The molecule has 2 aromatic heterocycles. The smallest absolute Gasteiger partial charge is 0.419 e. The summed E-state index contributed by atoms with van der Waals surface area (Å²) in [6, 6.07) is 16.1. The summed E-state index contributed by atoms with van der Waals surface area (Å²) in [6.45, 7) is 5.38. The van der Waals surface area contributed by atoms with Crippen LogP contribution in [0.3, 0.4) is 0 Å². The van der Waals surface area contributed by atoms with Gasteiger partial charge in [0.15, 0.2) is 0 Å². The van der Waals surface area contributed by atoms with E-state index in [1.165, 1.54) is 10.0 Å². The Kier molecular flexibility index (Phi) is 7.12. The molecule has 0 saturated heterocycles. The van der Waals surface area contributed by atoms with Crippen LogP contribution in [0.15, 0.2) is 54.6 Å². The maximum atomic E-state index is 13.4. The number of nitrogens with one attached hydrogen (secondary N) is 2. The van der Waals surface area contributed by atoms with E-state index in [-0.39, 0.29) is 18.7 Å². The van der Waals surface area contributed by atoms with E-state index in [0.717, 1.165) is 5.39 Å². The summed E-state index contributed by atoms with van der Waals surface area (Å²) >= 11 is 0. The van der Waals surface area contributed by atoms with Gasteiger partial charge in [0, 0.05) is 29.3 Å². The van der Waals surface area contributed by atoms with Gasteiger partial charge in [0.25, 0.3) is 5.91 Å². The molecule has 0 spiro atoms. The van der Waals surface area contributed by atoms with Crippen molar-refractivity contribution in [3.05, 3.63) is 60.3 Å². The molecule has 10 nitrogen and oxygen atoms in total. The zero-order chi connectivity index (χ0) is 26.7. The van der Waals surface area contributed by atoms with Gasteiger partial charge in [-0.2, -0.15) is 0 Å². The lowest BCUT2D eigenvalue weighted by molar-refractivity contribution is -0.129. The van der Waals surface area contributed by atoms with Crippen molar-refractivity contribution in [1.82, 2.24) is 20.3 Å². The van der Waals surface area contributed by atoms with E-state index in [0.29, 0.717) is 33.4 Å². The number of nitrogens with zero attached hydrogens (tertiary/aromatic N) is 2. The van der Waals surface area contributed by atoms with E-state index in [1.807, 2.05) is 24.3 Å². The van der Waals surface area contributed by atoms with Crippen molar-refractivity contribution in [2.45, 2.75) is 32.8 Å². The molecule has 0 aliphatic carbocycles. The number of methoxy groups -OCH3 is 1. The summed E-state index contributed by atoms with van der Waals surface area (Å²) in [7, 11) is 1.56. The minimum absolute atomic E-state index is 0.00246. The Hall–Kier alpha value is -4.44. The molecule has 3 N–H and O–H groups in total. The summed E-state index contributed by atoms with van der Waals surface area (Å²) < 4.78 is 12.5. The van der Waals surface area contributed by atoms with E-state index >= 15 is 0 Å². The van der Waals surface area contributed by atoms with Gasteiger partial charge in [0.05, 0.1) is 23.8 Å². The van der Waals surface area contributed by atoms with E-state index in [4.69, 9.17) is 14.7 Å². The quantitative estimate of drug-likeness (QED) is 0.264. The minimum atomic E-state index is -0.733. The Bertz CT molecular complexity index is 1490. The first-order valence-electron chi connectivity index (χ1n) is 11.7. The van der Waals surface area contributed by atoms with Crippen LogP contribution in [-0.4, -0.2) is 51.9 Å². The minimum Gasteiger partial charge on any atom is -0.497 e. The lowest BCUT2D eigenvalue weighted by Crippen LogP contribution is -2.30. The molecule has 0 unspecified atom stereocenters. The van der Waals surface area contributed by atoms with Crippen LogP contribution in [0.4, 0.5) is 4.79 Å². The van der Waals surface area contributed by atoms with Crippen LogP contribution >= 0.6 is 0 Å². The maximum Gasteiger partial charge on any atom is 0.419 e. The zero-order valence-corrected chi connectivity index (χ0v) is 21.0. The van der Waals surface area contributed by atoms with E-state index < -0.39 is 23.5 Å². The van der Waals surface area contributed by atoms with Gasteiger partial charge < -0.3 is 14.8 Å². The molecule has 0 fully saturated rings. The van der Waals surface area contributed by atoms with Gasteiger partial charge in [0.2, 0.25) is 5.91 Å². The Balaban J connectivity index is 1.95. The maximum absolute atomic E-state index is 13.4. The average Bonchev–Trinajstić information content (AvgIpc) is 3.21. The molecule has 4 rings (SSSR count). The van der Waals surface area contributed by atoms with Gasteiger partial charge in [-0.15, -0.1) is 0 Å². The van der Waals surface area contributed by atoms with Gasteiger partial charge in [-0.3, -0.25) is 14.8 Å². The average molecular weight is 505 g/mol. The molecule has 0 bridgehead atoms. The molecule has 2 amide bonds. The third-order valence-electron chi connectivity index (χ3n) is 5.59.